The van der Waals surface area contributed by atoms with E-state index in [0.29, 0.717) is 16.7 Å². The van der Waals surface area contributed by atoms with Gasteiger partial charge in [0.2, 0.25) is 0 Å². The molecule has 0 saturated carbocycles. The van der Waals surface area contributed by atoms with E-state index in [2.05, 4.69) is 109 Å². The van der Waals surface area contributed by atoms with Gasteiger partial charge in [0.1, 0.15) is 0 Å². The number of nitriles is 3. The number of benzene rings is 6. The molecule has 0 spiro atoms. The van der Waals surface area contributed by atoms with Gasteiger partial charge >= 0.3 is 0 Å². The fourth-order valence-electron chi connectivity index (χ4n) is 6.11. The van der Waals surface area contributed by atoms with Crippen LogP contribution in [0.25, 0.3) is 73.7 Å². The predicted molar refractivity (Wildman–Crippen MR) is 183 cm³/mol. The highest BCUT2D eigenvalue weighted by Gasteiger charge is 2.18. The molecule has 8 rings (SSSR count). The van der Waals surface area contributed by atoms with Gasteiger partial charge in [-0.15, -0.1) is 22.7 Å². The average Bonchev–Trinajstić information content (AvgIpc) is 3.65. The van der Waals surface area contributed by atoms with Crippen molar-refractivity contribution in [2.24, 2.45) is 0 Å². The van der Waals surface area contributed by atoms with Crippen LogP contribution in [0.3, 0.4) is 0 Å². The highest BCUT2D eigenvalue weighted by molar-refractivity contribution is 7.26. The van der Waals surface area contributed by atoms with Crippen molar-refractivity contribution in [1.29, 1.82) is 15.8 Å². The molecular weight excluding hydrogens is 575 g/mol. The molecule has 0 radical (unpaired) electrons. The molecule has 5 heteroatoms. The Bertz CT molecular complexity index is 2570. The monoisotopic (exact) mass is 593 g/mol. The molecule has 2 aromatic heterocycles. The van der Waals surface area contributed by atoms with Crippen molar-refractivity contribution >= 4 is 63.0 Å². The van der Waals surface area contributed by atoms with Crippen LogP contribution in [0.15, 0.2) is 115 Å². The second kappa shape index (κ2) is 10.2. The first kappa shape index (κ1) is 25.9. The van der Waals surface area contributed by atoms with Gasteiger partial charge in [-0.1, -0.05) is 48.5 Å². The second-order valence-corrected chi connectivity index (χ2v) is 12.9. The minimum atomic E-state index is 0.418. The Hall–Kier alpha value is -5.77. The molecule has 0 aliphatic carbocycles. The lowest BCUT2D eigenvalue weighted by Gasteiger charge is -2.16. The van der Waals surface area contributed by atoms with Gasteiger partial charge in [0.05, 0.1) is 34.9 Å². The molecule has 0 amide bonds. The van der Waals surface area contributed by atoms with E-state index in [9.17, 15) is 15.8 Å². The minimum absolute atomic E-state index is 0.418. The molecule has 44 heavy (non-hydrogen) atoms. The van der Waals surface area contributed by atoms with E-state index in [-0.39, 0.29) is 0 Å². The summed E-state index contributed by atoms with van der Waals surface area (Å²) in [4.78, 5) is 0. The third-order valence-electron chi connectivity index (χ3n) is 8.16. The number of rotatable bonds is 3. The maximum absolute atomic E-state index is 10.5. The molecule has 6 aromatic carbocycles. The molecule has 0 aliphatic rings. The second-order valence-electron chi connectivity index (χ2n) is 10.7. The zero-order valence-electron chi connectivity index (χ0n) is 23.1. The van der Waals surface area contributed by atoms with Crippen molar-refractivity contribution in [3.63, 3.8) is 0 Å². The lowest BCUT2D eigenvalue weighted by molar-refractivity contribution is 1.44. The molecule has 202 valence electrons. The molecule has 0 bridgehead atoms. The summed E-state index contributed by atoms with van der Waals surface area (Å²) in [6.07, 6.45) is 0. The lowest BCUT2D eigenvalue weighted by Crippen LogP contribution is -1.93. The van der Waals surface area contributed by atoms with Crippen LogP contribution >= 0.6 is 22.7 Å². The van der Waals surface area contributed by atoms with Crippen LogP contribution < -0.4 is 0 Å². The largest absolute Gasteiger partial charge is 0.192 e. The Balaban J connectivity index is 1.42. The quantitative estimate of drug-likeness (QED) is 0.205. The van der Waals surface area contributed by atoms with Gasteiger partial charge in [-0.2, -0.15) is 15.8 Å². The highest BCUT2D eigenvalue weighted by atomic mass is 32.1. The summed E-state index contributed by atoms with van der Waals surface area (Å²) >= 11 is 3.52. The van der Waals surface area contributed by atoms with Crippen LogP contribution in [0.1, 0.15) is 16.7 Å². The molecule has 0 saturated heterocycles. The van der Waals surface area contributed by atoms with Crippen LogP contribution in [-0.4, -0.2) is 0 Å². The van der Waals surface area contributed by atoms with Crippen molar-refractivity contribution in [3.8, 4) is 51.6 Å². The Morgan fingerprint density at radius 3 is 1.43 bits per heavy atom. The number of hydrogen-bond acceptors (Lipinski definition) is 5. The maximum atomic E-state index is 10.5. The lowest BCUT2D eigenvalue weighted by atomic mass is 9.86. The average molecular weight is 594 g/mol. The highest BCUT2D eigenvalue weighted by Crippen LogP contribution is 2.43. The van der Waals surface area contributed by atoms with E-state index in [1.165, 1.54) is 29.6 Å². The Labute approximate surface area is 261 Å². The smallest absolute Gasteiger partial charge is 0.0998 e. The molecule has 0 aliphatic heterocycles. The normalized spacial score (nSPS) is 11.1. The standard InChI is InChI=1S/C39H19N3S2/c40-20-23-13-24(21-41)15-27(14-23)33-19-31(25-9-11-38-34(16-25)29-5-1-3-7-36(29)43-38)28(22-42)18-32(33)26-10-12-39-35(17-26)30-6-2-4-8-37(30)44-39/h1-19H. The summed E-state index contributed by atoms with van der Waals surface area (Å²) < 4.78 is 4.85. The van der Waals surface area contributed by atoms with Crippen molar-refractivity contribution in [3.05, 3.63) is 132 Å². The van der Waals surface area contributed by atoms with Gasteiger partial charge in [-0.05, 0) is 94.5 Å². The fraction of sp³-hybridized carbons (Fsp3) is 0. The van der Waals surface area contributed by atoms with E-state index in [1.807, 2.05) is 18.2 Å². The van der Waals surface area contributed by atoms with E-state index >= 15 is 0 Å². The van der Waals surface area contributed by atoms with E-state index in [0.717, 1.165) is 44.2 Å². The summed E-state index contributed by atoms with van der Waals surface area (Å²) in [5.74, 6) is 0. The first-order valence-corrected chi connectivity index (χ1v) is 15.6. The van der Waals surface area contributed by atoms with Crippen molar-refractivity contribution in [2.45, 2.75) is 0 Å². The fourth-order valence-corrected chi connectivity index (χ4v) is 8.28. The Kier molecular flexibility index (Phi) is 6.00. The van der Waals surface area contributed by atoms with Crippen LogP contribution in [0, 0.1) is 34.0 Å². The first-order valence-electron chi connectivity index (χ1n) is 14.0. The number of nitrogens with zero attached hydrogens (tertiary/aromatic N) is 3. The summed E-state index contributed by atoms with van der Waals surface area (Å²) in [5.41, 5.74) is 6.63. The van der Waals surface area contributed by atoms with Crippen LogP contribution in [0.2, 0.25) is 0 Å². The topological polar surface area (TPSA) is 71.4 Å². The molecule has 0 atom stereocenters. The molecule has 8 aromatic rings. The van der Waals surface area contributed by atoms with Gasteiger partial charge in [-0.25, -0.2) is 0 Å². The van der Waals surface area contributed by atoms with Crippen molar-refractivity contribution < 1.29 is 0 Å². The van der Waals surface area contributed by atoms with Crippen molar-refractivity contribution in [2.75, 3.05) is 0 Å². The summed E-state index contributed by atoms with van der Waals surface area (Å²) in [6.45, 7) is 0. The van der Waals surface area contributed by atoms with Gasteiger partial charge in [0.15, 0.2) is 0 Å². The first-order chi connectivity index (χ1) is 21.6. The van der Waals surface area contributed by atoms with Gasteiger partial charge in [0, 0.05) is 45.9 Å². The molecule has 2 heterocycles. The van der Waals surface area contributed by atoms with Gasteiger partial charge < -0.3 is 0 Å². The van der Waals surface area contributed by atoms with Gasteiger partial charge in [-0.3, -0.25) is 0 Å². The Morgan fingerprint density at radius 2 is 0.886 bits per heavy atom. The van der Waals surface area contributed by atoms with Crippen LogP contribution in [-0.2, 0) is 0 Å². The minimum Gasteiger partial charge on any atom is -0.192 e. The zero-order chi connectivity index (χ0) is 29.8. The number of thiophene rings is 2. The van der Waals surface area contributed by atoms with E-state index in [4.69, 9.17) is 0 Å². The molecule has 0 unspecified atom stereocenters. The third kappa shape index (κ3) is 4.14. The molecule has 3 nitrogen and oxygen atoms in total. The summed E-state index contributed by atoms with van der Waals surface area (Å²) in [7, 11) is 0. The number of hydrogen-bond donors (Lipinski definition) is 0. The number of fused-ring (bicyclic) bond motifs is 6. The van der Waals surface area contributed by atoms with Crippen LogP contribution in [0.5, 0.6) is 0 Å². The predicted octanol–water partition coefficient (Wildman–Crippen LogP) is 11.0. The molecular formula is C39H19N3S2. The maximum Gasteiger partial charge on any atom is 0.0998 e. The summed E-state index contributed by atoms with van der Waals surface area (Å²) in [5, 5.41) is 34.8. The van der Waals surface area contributed by atoms with Gasteiger partial charge in [0.25, 0.3) is 0 Å². The van der Waals surface area contributed by atoms with Crippen molar-refractivity contribution in [1.82, 2.24) is 0 Å². The van der Waals surface area contributed by atoms with Crippen LogP contribution in [0.4, 0.5) is 0 Å². The molecule has 0 fully saturated rings. The zero-order valence-corrected chi connectivity index (χ0v) is 24.8. The molecule has 0 N–H and O–H groups in total. The van der Waals surface area contributed by atoms with E-state index in [1.54, 1.807) is 28.7 Å². The Morgan fingerprint density at radius 1 is 0.386 bits per heavy atom. The summed E-state index contributed by atoms with van der Waals surface area (Å²) in [6, 6.07) is 45.7. The van der Waals surface area contributed by atoms with E-state index < -0.39 is 0 Å². The SMILES string of the molecule is N#Cc1cc(C#N)cc(-c2cc(-c3ccc4sc5ccccc5c4c3)c(C#N)cc2-c2ccc3sc4ccccc4c3c2)c1. The third-order valence-corrected chi connectivity index (χ3v) is 10.5.